The van der Waals surface area contributed by atoms with Crippen molar-refractivity contribution in [2.24, 2.45) is 0 Å². The summed E-state index contributed by atoms with van der Waals surface area (Å²) in [6.45, 7) is 2.65. The maximum absolute atomic E-state index is 13.0. The molecule has 2 aromatic carbocycles. The maximum Gasteiger partial charge on any atom is 0.243 e. The smallest absolute Gasteiger partial charge is 0.243 e. The highest BCUT2D eigenvalue weighted by atomic mass is 19.1. The molecular formula is C22H24FN3O2. The molecule has 0 aromatic heterocycles. The number of halogens is 1. The Morgan fingerprint density at radius 1 is 1.07 bits per heavy atom. The van der Waals surface area contributed by atoms with Gasteiger partial charge in [0, 0.05) is 19.3 Å². The summed E-state index contributed by atoms with van der Waals surface area (Å²) in [4.78, 5) is 27.8. The molecule has 5 nitrogen and oxygen atoms in total. The van der Waals surface area contributed by atoms with E-state index >= 15 is 0 Å². The molecule has 2 amide bonds. The normalized spacial score (nSPS) is 10.4. The minimum atomic E-state index is -0.317. The van der Waals surface area contributed by atoms with Crippen LogP contribution in [0.5, 0.6) is 0 Å². The van der Waals surface area contributed by atoms with Crippen LogP contribution in [-0.4, -0.2) is 48.3 Å². The molecular weight excluding hydrogens is 357 g/mol. The van der Waals surface area contributed by atoms with E-state index in [2.05, 4.69) is 11.2 Å². The number of terminal acetylenes is 1. The van der Waals surface area contributed by atoms with Gasteiger partial charge in [0.1, 0.15) is 5.82 Å². The van der Waals surface area contributed by atoms with E-state index in [1.165, 1.54) is 17.0 Å². The van der Waals surface area contributed by atoms with Crippen LogP contribution in [0.2, 0.25) is 0 Å². The molecule has 0 aliphatic heterocycles. The van der Waals surface area contributed by atoms with Crippen LogP contribution >= 0.6 is 0 Å². The predicted molar refractivity (Wildman–Crippen MR) is 108 cm³/mol. The summed E-state index contributed by atoms with van der Waals surface area (Å²) in [6, 6.07) is 13.5. The molecule has 2 aromatic rings. The molecule has 1 N–H and O–H groups in total. The highest BCUT2D eigenvalue weighted by molar-refractivity contribution is 5.94. The SMILES string of the molecule is C#CCN(CC(=O)N(C)CC(=O)Nc1ccc(C)cc1)Cc1ccc(F)cc1. The van der Waals surface area contributed by atoms with Crippen molar-refractivity contribution in [3.8, 4) is 12.3 Å². The Balaban J connectivity index is 1.88. The Hall–Kier alpha value is -3.17. The van der Waals surface area contributed by atoms with Crippen LogP contribution in [0.3, 0.4) is 0 Å². The summed E-state index contributed by atoms with van der Waals surface area (Å²) >= 11 is 0. The molecule has 0 unspecified atom stereocenters. The van der Waals surface area contributed by atoms with Crippen LogP contribution in [0.4, 0.5) is 10.1 Å². The molecule has 2 rings (SSSR count). The van der Waals surface area contributed by atoms with E-state index in [0.717, 1.165) is 11.1 Å². The molecule has 0 saturated carbocycles. The number of likely N-dealkylation sites (N-methyl/N-ethyl adjacent to an activating group) is 1. The molecule has 6 heteroatoms. The van der Waals surface area contributed by atoms with Crippen molar-refractivity contribution in [3.05, 3.63) is 65.5 Å². The van der Waals surface area contributed by atoms with E-state index < -0.39 is 0 Å². The van der Waals surface area contributed by atoms with Gasteiger partial charge in [-0.2, -0.15) is 0 Å². The van der Waals surface area contributed by atoms with Crippen molar-refractivity contribution in [2.75, 3.05) is 32.0 Å². The number of carbonyl (C=O) groups is 2. The Bertz CT molecular complexity index is 842. The summed E-state index contributed by atoms with van der Waals surface area (Å²) in [5.74, 6) is 1.70. The highest BCUT2D eigenvalue weighted by Gasteiger charge is 2.17. The van der Waals surface area contributed by atoms with Crippen LogP contribution in [-0.2, 0) is 16.1 Å². The van der Waals surface area contributed by atoms with Crippen LogP contribution < -0.4 is 5.32 Å². The molecule has 0 bridgehead atoms. The van der Waals surface area contributed by atoms with Gasteiger partial charge >= 0.3 is 0 Å². The fourth-order valence-corrected chi connectivity index (χ4v) is 2.60. The van der Waals surface area contributed by atoms with E-state index in [4.69, 9.17) is 6.42 Å². The van der Waals surface area contributed by atoms with E-state index in [9.17, 15) is 14.0 Å². The highest BCUT2D eigenvalue weighted by Crippen LogP contribution is 2.09. The van der Waals surface area contributed by atoms with Gasteiger partial charge in [-0.05, 0) is 36.8 Å². The van der Waals surface area contributed by atoms with E-state index in [0.29, 0.717) is 12.2 Å². The lowest BCUT2D eigenvalue weighted by atomic mass is 10.2. The third-order valence-electron chi connectivity index (χ3n) is 4.14. The minimum Gasteiger partial charge on any atom is -0.335 e. The van der Waals surface area contributed by atoms with Crippen LogP contribution in [0.15, 0.2) is 48.5 Å². The lowest BCUT2D eigenvalue weighted by Crippen LogP contribution is -2.41. The number of nitrogens with one attached hydrogen (secondary N) is 1. The third kappa shape index (κ3) is 6.86. The quantitative estimate of drug-likeness (QED) is 0.716. The van der Waals surface area contributed by atoms with Crippen molar-refractivity contribution >= 4 is 17.5 Å². The van der Waals surface area contributed by atoms with Gasteiger partial charge < -0.3 is 10.2 Å². The molecule has 0 spiro atoms. The molecule has 146 valence electrons. The predicted octanol–water partition coefficient (Wildman–Crippen LogP) is 2.67. The van der Waals surface area contributed by atoms with Gasteiger partial charge in [0.25, 0.3) is 0 Å². The molecule has 0 heterocycles. The molecule has 0 atom stereocenters. The molecule has 0 fully saturated rings. The molecule has 0 aliphatic rings. The number of carbonyl (C=O) groups excluding carboxylic acids is 2. The Labute approximate surface area is 165 Å². The zero-order valence-electron chi connectivity index (χ0n) is 16.1. The number of hydrogen-bond acceptors (Lipinski definition) is 3. The number of aryl methyl sites for hydroxylation is 1. The average Bonchev–Trinajstić information content (AvgIpc) is 2.65. The summed E-state index contributed by atoms with van der Waals surface area (Å²) in [6.07, 6.45) is 5.40. The van der Waals surface area contributed by atoms with Gasteiger partial charge in [-0.15, -0.1) is 6.42 Å². The Kier molecular flexibility index (Phi) is 7.73. The van der Waals surface area contributed by atoms with Gasteiger partial charge in [-0.25, -0.2) is 4.39 Å². The maximum atomic E-state index is 13.0. The number of amides is 2. The first-order chi connectivity index (χ1) is 13.4. The van der Waals surface area contributed by atoms with Crippen molar-refractivity contribution in [2.45, 2.75) is 13.5 Å². The fraction of sp³-hybridized carbons (Fsp3) is 0.273. The number of anilines is 1. The van der Waals surface area contributed by atoms with Crippen molar-refractivity contribution in [3.63, 3.8) is 0 Å². The second-order valence-electron chi connectivity index (χ2n) is 6.64. The summed E-state index contributed by atoms with van der Waals surface area (Å²) in [7, 11) is 1.57. The summed E-state index contributed by atoms with van der Waals surface area (Å²) < 4.78 is 13.0. The second kappa shape index (κ2) is 10.2. The van der Waals surface area contributed by atoms with E-state index in [1.807, 2.05) is 31.2 Å². The molecule has 0 radical (unpaired) electrons. The topological polar surface area (TPSA) is 52.7 Å². The van der Waals surface area contributed by atoms with Crippen LogP contribution in [0.25, 0.3) is 0 Å². The zero-order valence-corrected chi connectivity index (χ0v) is 16.1. The van der Waals surface area contributed by atoms with Crippen molar-refractivity contribution in [1.82, 2.24) is 9.80 Å². The standard InChI is InChI=1S/C22H24FN3O2/c1-4-13-26(14-18-7-9-19(23)10-8-18)16-22(28)25(3)15-21(27)24-20-11-5-17(2)6-12-20/h1,5-12H,13-16H2,2-3H3,(H,24,27). The van der Waals surface area contributed by atoms with Crippen molar-refractivity contribution < 1.29 is 14.0 Å². The lowest BCUT2D eigenvalue weighted by molar-refractivity contribution is -0.134. The van der Waals surface area contributed by atoms with E-state index in [1.54, 1.807) is 24.1 Å². The number of hydrogen-bond donors (Lipinski definition) is 1. The van der Waals surface area contributed by atoms with Gasteiger partial charge in [-0.1, -0.05) is 35.7 Å². The first kappa shape index (κ1) is 21.1. The van der Waals surface area contributed by atoms with Crippen molar-refractivity contribution in [1.29, 1.82) is 0 Å². The molecule has 28 heavy (non-hydrogen) atoms. The Morgan fingerprint density at radius 3 is 2.32 bits per heavy atom. The monoisotopic (exact) mass is 381 g/mol. The number of rotatable bonds is 8. The zero-order chi connectivity index (χ0) is 20.5. The Morgan fingerprint density at radius 2 is 1.71 bits per heavy atom. The third-order valence-corrected chi connectivity index (χ3v) is 4.14. The first-order valence-corrected chi connectivity index (χ1v) is 8.88. The van der Waals surface area contributed by atoms with Crippen LogP contribution in [0.1, 0.15) is 11.1 Å². The van der Waals surface area contributed by atoms with E-state index in [-0.39, 0.29) is 37.3 Å². The lowest BCUT2D eigenvalue weighted by Gasteiger charge is -2.23. The van der Waals surface area contributed by atoms with Gasteiger partial charge in [0.05, 0.1) is 19.6 Å². The largest absolute Gasteiger partial charge is 0.335 e. The first-order valence-electron chi connectivity index (χ1n) is 8.88. The summed E-state index contributed by atoms with van der Waals surface area (Å²) in [5, 5.41) is 2.76. The van der Waals surface area contributed by atoms with Gasteiger partial charge in [0.2, 0.25) is 11.8 Å². The summed E-state index contributed by atoms with van der Waals surface area (Å²) in [5.41, 5.74) is 2.63. The molecule has 0 saturated heterocycles. The van der Waals surface area contributed by atoms with Crippen LogP contribution in [0, 0.1) is 25.1 Å². The number of benzene rings is 2. The van der Waals surface area contributed by atoms with Gasteiger partial charge in [-0.3, -0.25) is 14.5 Å². The second-order valence-corrected chi connectivity index (χ2v) is 6.64. The molecule has 0 aliphatic carbocycles. The number of nitrogens with zero attached hydrogens (tertiary/aromatic N) is 2. The fourth-order valence-electron chi connectivity index (χ4n) is 2.60. The van der Waals surface area contributed by atoms with Gasteiger partial charge in [0.15, 0.2) is 0 Å². The average molecular weight is 381 g/mol. The minimum absolute atomic E-state index is 0.0623.